The van der Waals surface area contributed by atoms with Crippen molar-refractivity contribution in [2.24, 2.45) is 16.1 Å². The first-order valence-corrected chi connectivity index (χ1v) is 8.22. The van der Waals surface area contributed by atoms with Crippen LogP contribution in [0.2, 0.25) is 0 Å². The third-order valence-corrected chi connectivity index (χ3v) is 5.13. The van der Waals surface area contributed by atoms with Crippen LogP contribution >= 0.6 is 24.0 Å². The molecule has 4 nitrogen and oxygen atoms in total. The highest BCUT2D eigenvalue weighted by Gasteiger charge is 2.56. The van der Waals surface area contributed by atoms with E-state index in [0.29, 0.717) is 6.61 Å². The highest BCUT2D eigenvalue weighted by atomic mass is 127. The highest BCUT2D eigenvalue weighted by Crippen LogP contribution is 2.56. The molecule has 0 radical (unpaired) electrons. The molecule has 134 valence electrons. The Morgan fingerprint density at radius 3 is 2.75 bits per heavy atom. The van der Waals surface area contributed by atoms with Crippen LogP contribution in [0.5, 0.6) is 0 Å². The van der Waals surface area contributed by atoms with Crippen LogP contribution in [0.15, 0.2) is 23.2 Å². The number of aliphatic imine (C=N–C) groups is 1. The molecule has 0 bridgehead atoms. The van der Waals surface area contributed by atoms with E-state index in [4.69, 9.17) is 10.5 Å². The van der Waals surface area contributed by atoms with Gasteiger partial charge in [0.1, 0.15) is 11.6 Å². The van der Waals surface area contributed by atoms with Gasteiger partial charge in [-0.2, -0.15) is 0 Å². The zero-order chi connectivity index (χ0) is 16.4. The van der Waals surface area contributed by atoms with Gasteiger partial charge in [-0.05, 0) is 38.3 Å². The number of nitrogens with two attached hydrogens (primary N) is 1. The fraction of sp³-hybridized carbons (Fsp3) is 0.588. The molecule has 2 aliphatic rings. The molecule has 0 aromatic heterocycles. The van der Waals surface area contributed by atoms with Gasteiger partial charge >= 0.3 is 0 Å². The summed E-state index contributed by atoms with van der Waals surface area (Å²) in [6.07, 6.45) is 5.62. The lowest BCUT2D eigenvalue weighted by Crippen LogP contribution is -2.56. The molecule has 2 atom stereocenters. The van der Waals surface area contributed by atoms with Gasteiger partial charge in [0.25, 0.3) is 0 Å². The van der Waals surface area contributed by atoms with Crippen molar-refractivity contribution in [1.29, 1.82) is 0 Å². The molecule has 2 aliphatic carbocycles. The van der Waals surface area contributed by atoms with Crippen molar-refractivity contribution in [3.8, 4) is 0 Å². The Morgan fingerprint density at radius 1 is 1.38 bits per heavy atom. The number of ether oxygens (including phenoxy) is 1. The zero-order valence-corrected chi connectivity index (χ0v) is 16.1. The van der Waals surface area contributed by atoms with Crippen molar-refractivity contribution in [3.05, 3.63) is 29.8 Å². The quantitative estimate of drug-likeness (QED) is 0.413. The van der Waals surface area contributed by atoms with Crippen LogP contribution in [0.1, 0.15) is 39.0 Å². The van der Waals surface area contributed by atoms with Crippen LogP contribution in [-0.2, 0) is 4.74 Å². The maximum atomic E-state index is 13.7. The number of guanidine groups is 1. The van der Waals surface area contributed by atoms with E-state index in [1.165, 1.54) is 12.8 Å². The van der Waals surface area contributed by atoms with Crippen LogP contribution in [-0.4, -0.2) is 24.7 Å². The minimum atomic E-state index is -0.555. The summed E-state index contributed by atoms with van der Waals surface area (Å²) in [4.78, 5) is 4.53. The Hall–Kier alpha value is -0.960. The van der Waals surface area contributed by atoms with Gasteiger partial charge in [0.2, 0.25) is 0 Å². The molecule has 2 unspecified atom stereocenters. The predicted molar refractivity (Wildman–Crippen MR) is 102 cm³/mol. The second kappa shape index (κ2) is 7.95. The summed E-state index contributed by atoms with van der Waals surface area (Å²) in [5.41, 5.74) is 5.99. The van der Waals surface area contributed by atoms with Gasteiger partial charge in [-0.3, -0.25) is 0 Å². The number of hydrogen-bond donors (Lipinski definition) is 2. The van der Waals surface area contributed by atoms with E-state index in [9.17, 15) is 8.78 Å². The Morgan fingerprint density at radius 2 is 2.08 bits per heavy atom. The fourth-order valence-corrected chi connectivity index (χ4v) is 3.96. The summed E-state index contributed by atoms with van der Waals surface area (Å²) < 4.78 is 32.7. The first kappa shape index (κ1) is 19.4. The van der Waals surface area contributed by atoms with Crippen molar-refractivity contribution in [2.75, 3.05) is 11.9 Å². The first-order valence-electron chi connectivity index (χ1n) is 8.22. The third kappa shape index (κ3) is 3.66. The van der Waals surface area contributed by atoms with E-state index >= 15 is 0 Å². The summed E-state index contributed by atoms with van der Waals surface area (Å²) >= 11 is 0. The van der Waals surface area contributed by atoms with E-state index in [0.717, 1.165) is 37.5 Å². The second-order valence-corrected chi connectivity index (χ2v) is 6.40. The van der Waals surface area contributed by atoms with E-state index < -0.39 is 11.6 Å². The summed E-state index contributed by atoms with van der Waals surface area (Å²) in [6, 6.07) is 3.30. The number of benzene rings is 1. The molecular weight excluding hydrogens is 427 g/mol. The molecule has 1 spiro atoms. The normalized spacial score (nSPS) is 25.2. The molecule has 2 saturated carbocycles. The minimum Gasteiger partial charge on any atom is -0.378 e. The van der Waals surface area contributed by atoms with Crippen molar-refractivity contribution in [2.45, 2.75) is 51.2 Å². The minimum absolute atomic E-state index is 0. The summed E-state index contributed by atoms with van der Waals surface area (Å²) in [7, 11) is 0. The number of nitrogens with zero attached hydrogens (tertiary/aromatic N) is 1. The number of rotatable bonds is 4. The van der Waals surface area contributed by atoms with Crippen molar-refractivity contribution >= 4 is 35.6 Å². The van der Waals surface area contributed by atoms with E-state index in [2.05, 4.69) is 10.3 Å². The molecule has 7 heteroatoms. The molecule has 0 saturated heterocycles. The van der Waals surface area contributed by atoms with E-state index in [1.54, 1.807) is 0 Å². The molecule has 24 heavy (non-hydrogen) atoms. The third-order valence-electron chi connectivity index (χ3n) is 5.13. The molecular formula is C17H24F2IN3O. The topological polar surface area (TPSA) is 59.6 Å². The maximum Gasteiger partial charge on any atom is 0.193 e. The molecule has 0 amide bonds. The molecule has 1 aromatic carbocycles. The number of hydrogen-bond acceptors (Lipinski definition) is 2. The van der Waals surface area contributed by atoms with Gasteiger partial charge in [-0.25, -0.2) is 13.8 Å². The van der Waals surface area contributed by atoms with Crippen LogP contribution in [0.25, 0.3) is 0 Å². The van der Waals surface area contributed by atoms with Gasteiger partial charge in [-0.15, -0.1) is 24.0 Å². The predicted octanol–water partition coefficient (Wildman–Crippen LogP) is 4.05. The fourth-order valence-electron chi connectivity index (χ4n) is 3.96. The van der Waals surface area contributed by atoms with Gasteiger partial charge < -0.3 is 15.8 Å². The Balaban J connectivity index is 0.00000208. The van der Waals surface area contributed by atoms with Gasteiger partial charge in [0.15, 0.2) is 5.96 Å². The number of nitrogens with one attached hydrogen (secondary N) is 1. The van der Waals surface area contributed by atoms with E-state index in [-0.39, 0.29) is 53.2 Å². The molecule has 2 fully saturated rings. The monoisotopic (exact) mass is 451 g/mol. The smallest absolute Gasteiger partial charge is 0.193 e. The van der Waals surface area contributed by atoms with Gasteiger partial charge in [0.05, 0.1) is 17.8 Å². The molecule has 1 aromatic rings. The summed E-state index contributed by atoms with van der Waals surface area (Å²) in [6.45, 7) is 2.70. The Bertz CT molecular complexity index is 605. The molecule has 0 heterocycles. The highest BCUT2D eigenvalue weighted by molar-refractivity contribution is 14.0. The van der Waals surface area contributed by atoms with Crippen LogP contribution < -0.4 is 11.1 Å². The lowest BCUT2D eigenvalue weighted by atomic mass is 9.61. The number of anilines is 1. The van der Waals surface area contributed by atoms with Crippen molar-refractivity contribution < 1.29 is 13.5 Å². The molecule has 3 rings (SSSR count). The maximum absolute atomic E-state index is 13.7. The van der Waals surface area contributed by atoms with E-state index in [1.807, 2.05) is 6.92 Å². The van der Waals surface area contributed by atoms with Crippen molar-refractivity contribution in [1.82, 2.24) is 0 Å². The SMILES string of the molecule is CCOC1CC(N=C(N)Nc2cc(F)ccc2F)C12CCCC2.I. The lowest BCUT2D eigenvalue weighted by molar-refractivity contribution is -0.119. The zero-order valence-electron chi connectivity index (χ0n) is 13.7. The Kier molecular flexibility index (Phi) is 6.41. The Labute approximate surface area is 158 Å². The van der Waals surface area contributed by atoms with Crippen LogP contribution in [0.3, 0.4) is 0 Å². The van der Waals surface area contributed by atoms with Crippen LogP contribution in [0, 0.1) is 17.0 Å². The van der Waals surface area contributed by atoms with Gasteiger partial charge in [0, 0.05) is 18.1 Å². The van der Waals surface area contributed by atoms with Crippen LogP contribution in [0.4, 0.5) is 14.5 Å². The standard InChI is InChI=1S/C17H23F2N3O.HI/c1-2-23-15-10-14(17(15)7-3-4-8-17)22-16(20)21-13-9-11(18)5-6-12(13)19;/h5-6,9,14-15H,2-4,7-8,10H2,1H3,(H3,20,21,22);1H. The molecule has 3 N–H and O–H groups in total. The first-order chi connectivity index (χ1) is 11.0. The molecule has 0 aliphatic heterocycles. The average Bonchev–Trinajstić information content (AvgIpc) is 3.03. The summed E-state index contributed by atoms with van der Waals surface area (Å²) in [5, 5.41) is 2.68. The second-order valence-electron chi connectivity index (χ2n) is 6.40. The van der Waals surface area contributed by atoms with Gasteiger partial charge in [-0.1, -0.05) is 12.8 Å². The average molecular weight is 451 g/mol. The van der Waals surface area contributed by atoms with Crippen molar-refractivity contribution in [3.63, 3.8) is 0 Å². The largest absolute Gasteiger partial charge is 0.378 e. The summed E-state index contributed by atoms with van der Waals surface area (Å²) in [5.74, 6) is -0.948. The number of halogens is 3. The lowest BCUT2D eigenvalue weighted by Gasteiger charge is -2.52.